The first-order chi connectivity index (χ1) is 15.0. The smallest absolute Gasteiger partial charge is 0.255 e. The molecule has 166 valence electrons. The Morgan fingerprint density at radius 1 is 0.935 bits per heavy atom. The van der Waals surface area contributed by atoms with E-state index in [1.807, 2.05) is 31.2 Å². The Hall–Kier alpha value is -2.18. The molecule has 0 aliphatic heterocycles. The molecule has 0 heterocycles. The summed E-state index contributed by atoms with van der Waals surface area (Å²) in [5, 5.41) is 3.04. The van der Waals surface area contributed by atoms with E-state index in [1.54, 1.807) is 12.1 Å². The fourth-order valence-electron chi connectivity index (χ4n) is 4.92. The lowest BCUT2D eigenvalue weighted by Crippen LogP contribution is -2.31. The topological polar surface area (TPSA) is 75.3 Å². The molecular weight excluding hydrogens is 408 g/mol. The minimum absolute atomic E-state index is 0.156. The predicted octanol–water partition coefficient (Wildman–Crippen LogP) is 4.98. The number of anilines is 1. The zero-order chi connectivity index (χ0) is 21.8. The Balaban J connectivity index is 1.58. The average Bonchev–Trinajstić information content (AvgIpc) is 2.79. The van der Waals surface area contributed by atoms with Crippen LogP contribution < -0.4 is 10.0 Å². The first-order valence-corrected chi connectivity index (χ1v) is 13.0. The quantitative estimate of drug-likeness (QED) is 0.665. The molecule has 2 N–H and O–H groups in total. The lowest BCUT2D eigenvalue weighted by molar-refractivity contribution is 0.102. The van der Waals surface area contributed by atoms with E-state index in [1.165, 1.54) is 19.3 Å². The van der Waals surface area contributed by atoms with Gasteiger partial charge < -0.3 is 5.32 Å². The van der Waals surface area contributed by atoms with Gasteiger partial charge in [0.25, 0.3) is 5.91 Å². The van der Waals surface area contributed by atoms with Gasteiger partial charge in [-0.05, 0) is 86.3 Å². The fourth-order valence-corrected chi connectivity index (χ4v) is 6.32. The van der Waals surface area contributed by atoms with Gasteiger partial charge in [0.05, 0.1) is 4.90 Å². The van der Waals surface area contributed by atoms with Gasteiger partial charge in [0, 0.05) is 17.8 Å². The zero-order valence-electron chi connectivity index (χ0n) is 18.2. The summed E-state index contributed by atoms with van der Waals surface area (Å²) < 4.78 is 29.2. The van der Waals surface area contributed by atoms with Crippen molar-refractivity contribution in [1.82, 2.24) is 4.72 Å². The van der Waals surface area contributed by atoms with E-state index < -0.39 is 10.0 Å². The Morgan fingerprint density at radius 2 is 1.65 bits per heavy atom. The van der Waals surface area contributed by atoms with Crippen molar-refractivity contribution in [2.45, 2.75) is 69.6 Å². The monoisotopic (exact) mass is 440 g/mol. The molecule has 1 saturated carbocycles. The van der Waals surface area contributed by atoms with Crippen molar-refractivity contribution in [3.05, 3.63) is 58.7 Å². The van der Waals surface area contributed by atoms with Gasteiger partial charge in [0.1, 0.15) is 0 Å². The lowest BCUT2D eigenvalue weighted by atomic mass is 9.90. The standard InChI is InChI=1S/C25H32N2O3S/c1-18-9-5-6-12-20(18)25(28)27-23-15-16-24(22-14-8-7-13-21(22)23)31(29,30)26-17-19-10-3-2-4-11-19/h5-6,9,12,15-16,19,26H,2-4,7-8,10-11,13-14,17H2,1H3,(H,27,28). The highest BCUT2D eigenvalue weighted by molar-refractivity contribution is 7.89. The lowest BCUT2D eigenvalue weighted by Gasteiger charge is -2.25. The van der Waals surface area contributed by atoms with Crippen LogP contribution in [0.25, 0.3) is 0 Å². The maximum absolute atomic E-state index is 13.1. The second-order valence-electron chi connectivity index (χ2n) is 8.90. The summed E-state index contributed by atoms with van der Waals surface area (Å²) in [6.45, 7) is 2.43. The number of fused-ring (bicyclic) bond motifs is 1. The molecule has 0 aromatic heterocycles. The summed E-state index contributed by atoms with van der Waals surface area (Å²) in [5.41, 5.74) is 4.12. The number of carbonyl (C=O) groups is 1. The van der Waals surface area contributed by atoms with Gasteiger partial charge in [-0.15, -0.1) is 0 Å². The van der Waals surface area contributed by atoms with Crippen LogP contribution in [0.2, 0.25) is 0 Å². The molecule has 6 heteroatoms. The summed E-state index contributed by atoms with van der Waals surface area (Å²) in [4.78, 5) is 13.2. The van der Waals surface area contributed by atoms with Crippen LogP contribution in [0.1, 0.15) is 72.0 Å². The molecule has 0 radical (unpaired) electrons. The number of hydrogen-bond acceptors (Lipinski definition) is 3. The van der Waals surface area contributed by atoms with Crippen molar-refractivity contribution in [2.75, 3.05) is 11.9 Å². The summed E-state index contributed by atoms with van der Waals surface area (Å²) in [6.07, 6.45) is 9.32. The third kappa shape index (κ3) is 5.01. The molecule has 2 aliphatic carbocycles. The van der Waals surface area contributed by atoms with Crippen LogP contribution in [0.3, 0.4) is 0 Å². The summed E-state index contributed by atoms with van der Waals surface area (Å²) in [5.74, 6) is 0.281. The number of nitrogens with one attached hydrogen (secondary N) is 2. The molecule has 5 nitrogen and oxygen atoms in total. The van der Waals surface area contributed by atoms with E-state index in [-0.39, 0.29) is 5.91 Å². The summed E-state index contributed by atoms with van der Waals surface area (Å²) in [6, 6.07) is 10.9. The summed E-state index contributed by atoms with van der Waals surface area (Å²) >= 11 is 0. The fraction of sp³-hybridized carbons (Fsp3) is 0.480. The molecular formula is C25H32N2O3S. The molecule has 0 saturated heterocycles. The van der Waals surface area contributed by atoms with Crippen LogP contribution in [0, 0.1) is 12.8 Å². The molecule has 2 aromatic carbocycles. The van der Waals surface area contributed by atoms with Crippen molar-refractivity contribution in [1.29, 1.82) is 0 Å². The SMILES string of the molecule is Cc1ccccc1C(=O)Nc1ccc(S(=O)(=O)NCC2CCCCC2)c2c1CCCC2. The zero-order valence-corrected chi connectivity index (χ0v) is 19.1. The van der Waals surface area contributed by atoms with Gasteiger partial charge in [-0.2, -0.15) is 0 Å². The molecule has 0 bridgehead atoms. The third-order valence-corrected chi connectivity index (χ3v) is 8.21. The number of hydrogen-bond donors (Lipinski definition) is 2. The predicted molar refractivity (Wildman–Crippen MR) is 124 cm³/mol. The number of amides is 1. The van der Waals surface area contributed by atoms with Crippen LogP contribution >= 0.6 is 0 Å². The van der Waals surface area contributed by atoms with Gasteiger partial charge in [0.2, 0.25) is 10.0 Å². The maximum atomic E-state index is 13.1. The number of carbonyl (C=O) groups excluding carboxylic acids is 1. The van der Waals surface area contributed by atoms with E-state index in [4.69, 9.17) is 0 Å². The van der Waals surface area contributed by atoms with Gasteiger partial charge in [-0.1, -0.05) is 37.5 Å². The normalized spacial score (nSPS) is 17.2. The molecule has 4 rings (SSSR count). The highest BCUT2D eigenvalue weighted by atomic mass is 32.2. The van der Waals surface area contributed by atoms with Crippen LogP contribution in [-0.2, 0) is 22.9 Å². The van der Waals surface area contributed by atoms with E-state index in [9.17, 15) is 13.2 Å². The molecule has 2 aliphatic rings. The molecule has 1 fully saturated rings. The highest BCUT2D eigenvalue weighted by Crippen LogP contribution is 2.33. The van der Waals surface area contributed by atoms with Crippen molar-refractivity contribution in [2.24, 2.45) is 5.92 Å². The van der Waals surface area contributed by atoms with E-state index in [0.29, 0.717) is 22.9 Å². The van der Waals surface area contributed by atoms with E-state index in [0.717, 1.165) is 60.9 Å². The van der Waals surface area contributed by atoms with Crippen molar-refractivity contribution in [3.63, 3.8) is 0 Å². The largest absolute Gasteiger partial charge is 0.322 e. The van der Waals surface area contributed by atoms with E-state index in [2.05, 4.69) is 10.0 Å². The first-order valence-electron chi connectivity index (χ1n) is 11.5. The number of benzene rings is 2. The first kappa shape index (κ1) is 22.0. The van der Waals surface area contributed by atoms with Crippen LogP contribution in [0.5, 0.6) is 0 Å². The third-order valence-electron chi connectivity index (χ3n) is 6.71. The Labute approximate surface area is 185 Å². The molecule has 0 spiro atoms. The Kier molecular flexibility index (Phi) is 6.77. The highest BCUT2D eigenvalue weighted by Gasteiger charge is 2.26. The van der Waals surface area contributed by atoms with Crippen molar-refractivity contribution >= 4 is 21.6 Å². The number of rotatable bonds is 6. The minimum Gasteiger partial charge on any atom is -0.322 e. The number of sulfonamides is 1. The van der Waals surface area contributed by atoms with Crippen molar-refractivity contribution in [3.8, 4) is 0 Å². The summed E-state index contributed by atoms with van der Waals surface area (Å²) in [7, 11) is -3.57. The Morgan fingerprint density at radius 3 is 2.39 bits per heavy atom. The average molecular weight is 441 g/mol. The Bertz CT molecular complexity index is 1060. The molecule has 0 unspecified atom stereocenters. The van der Waals surface area contributed by atoms with Gasteiger partial charge in [0.15, 0.2) is 0 Å². The van der Waals surface area contributed by atoms with Gasteiger partial charge in [-0.25, -0.2) is 13.1 Å². The molecule has 2 aromatic rings. The van der Waals surface area contributed by atoms with Crippen molar-refractivity contribution < 1.29 is 13.2 Å². The molecule has 0 atom stereocenters. The second kappa shape index (κ2) is 9.53. The van der Waals surface area contributed by atoms with Crippen LogP contribution in [0.4, 0.5) is 5.69 Å². The van der Waals surface area contributed by atoms with Crippen LogP contribution in [0.15, 0.2) is 41.3 Å². The van der Waals surface area contributed by atoms with Gasteiger partial charge in [-0.3, -0.25) is 4.79 Å². The minimum atomic E-state index is -3.57. The molecule has 1 amide bonds. The van der Waals surface area contributed by atoms with E-state index >= 15 is 0 Å². The second-order valence-corrected chi connectivity index (χ2v) is 10.6. The molecule has 31 heavy (non-hydrogen) atoms. The van der Waals surface area contributed by atoms with Crippen LogP contribution in [-0.4, -0.2) is 20.9 Å². The number of aryl methyl sites for hydroxylation is 1. The maximum Gasteiger partial charge on any atom is 0.255 e. The van der Waals surface area contributed by atoms with Gasteiger partial charge >= 0.3 is 0 Å².